The summed E-state index contributed by atoms with van der Waals surface area (Å²) in [5, 5.41) is 0.956. The van der Waals surface area contributed by atoms with Crippen molar-refractivity contribution in [2.75, 3.05) is 20.2 Å². The van der Waals surface area contributed by atoms with E-state index in [1.165, 1.54) is 4.88 Å². The summed E-state index contributed by atoms with van der Waals surface area (Å²) in [5.74, 6) is 0. The maximum absolute atomic E-state index is 6.17. The van der Waals surface area contributed by atoms with Gasteiger partial charge in [0, 0.05) is 30.6 Å². The molecule has 0 radical (unpaired) electrons. The summed E-state index contributed by atoms with van der Waals surface area (Å²) in [6.45, 7) is 7.65. The molecule has 2 rings (SSSR count). The van der Waals surface area contributed by atoms with Gasteiger partial charge in [-0.2, -0.15) is 0 Å². The van der Waals surface area contributed by atoms with Crippen LogP contribution in [-0.2, 0) is 6.54 Å². The maximum Gasteiger partial charge on any atom is 0.188 e. The van der Waals surface area contributed by atoms with Crippen molar-refractivity contribution >= 4 is 39.7 Å². The first-order chi connectivity index (χ1) is 8.42. The first kappa shape index (κ1) is 17.2. The van der Waals surface area contributed by atoms with E-state index in [9.17, 15) is 0 Å². The van der Waals surface area contributed by atoms with Crippen LogP contribution in [0.4, 0.5) is 0 Å². The molecule has 0 aromatic carbocycles. The van der Waals surface area contributed by atoms with Crippen molar-refractivity contribution in [2.24, 2.45) is 11.1 Å². The average molecular weight is 370 g/mol. The molecule has 1 aromatic rings. The second-order valence-corrected chi connectivity index (χ2v) is 7.60. The number of piperidine rings is 1. The summed E-state index contributed by atoms with van der Waals surface area (Å²) >= 11 is 5.23. The third-order valence-electron chi connectivity index (χ3n) is 3.66. The molecular weight excluding hydrogens is 348 g/mol. The minimum absolute atomic E-state index is 0. The Morgan fingerprint density at radius 1 is 1.58 bits per heavy atom. The fraction of sp³-hybridized carbons (Fsp3) is 0.692. The van der Waals surface area contributed by atoms with Crippen LogP contribution in [0.5, 0.6) is 5.06 Å². The molecule has 1 aliphatic heterocycles. The summed E-state index contributed by atoms with van der Waals surface area (Å²) in [6.07, 6.45) is 1.08. The van der Waals surface area contributed by atoms with Crippen molar-refractivity contribution in [2.45, 2.75) is 32.9 Å². The van der Waals surface area contributed by atoms with Gasteiger partial charge in [-0.3, -0.25) is 4.90 Å². The lowest BCUT2D eigenvalue weighted by molar-refractivity contribution is 0.0907. The van der Waals surface area contributed by atoms with E-state index in [4.69, 9.17) is 10.5 Å². The molecule has 2 heterocycles. The number of ether oxygens (including phenoxy) is 1. The molecule has 1 saturated heterocycles. The van der Waals surface area contributed by atoms with Crippen molar-refractivity contribution in [1.29, 1.82) is 0 Å². The van der Waals surface area contributed by atoms with Crippen molar-refractivity contribution in [3.8, 4) is 5.06 Å². The Hall–Kier alpha value is 0.190. The van der Waals surface area contributed by atoms with Crippen molar-refractivity contribution in [3.05, 3.63) is 15.4 Å². The minimum Gasteiger partial charge on any atom is -0.486 e. The first-order valence-electron chi connectivity index (χ1n) is 6.22. The molecule has 110 valence electrons. The summed E-state index contributed by atoms with van der Waals surface area (Å²) in [6, 6.07) is 2.48. The van der Waals surface area contributed by atoms with Gasteiger partial charge < -0.3 is 10.5 Å². The second-order valence-electron chi connectivity index (χ2n) is 5.65. The molecule has 6 heteroatoms. The molecule has 0 spiro atoms. The average Bonchev–Trinajstić information content (AvgIpc) is 2.64. The Bertz CT molecular complexity index is 425. The minimum atomic E-state index is 0. The topological polar surface area (TPSA) is 38.5 Å². The number of nitrogens with two attached hydrogens (primary N) is 1. The number of nitrogens with zero attached hydrogens (tertiary/aromatic N) is 1. The third kappa shape index (κ3) is 4.08. The molecule has 0 aliphatic carbocycles. The molecule has 0 saturated carbocycles. The van der Waals surface area contributed by atoms with Gasteiger partial charge in [0.05, 0.1) is 11.6 Å². The smallest absolute Gasteiger partial charge is 0.188 e. The van der Waals surface area contributed by atoms with Crippen LogP contribution in [0.3, 0.4) is 0 Å². The molecule has 1 atom stereocenters. The lowest BCUT2D eigenvalue weighted by Gasteiger charge is -2.42. The normalized spacial score (nSPS) is 22.9. The number of thiophene rings is 1. The highest BCUT2D eigenvalue weighted by atomic mass is 79.9. The lowest BCUT2D eigenvalue weighted by atomic mass is 9.80. The molecular formula is C13H22BrClN2OS. The fourth-order valence-electron chi connectivity index (χ4n) is 2.45. The summed E-state index contributed by atoms with van der Waals surface area (Å²) in [4.78, 5) is 3.83. The van der Waals surface area contributed by atoms with Gasteiger partial charge in [-0.1, -0.05) is 13.8 Å². The van der Waals surface area contributed by atoms with Gasteiger partial charge in [0.1, 0.15) is 0 Å². The van der Waals surface area contributed by atoms with Crippen molar-refractivity contribution in [1.82, 2.24) is 4.90 Å². The Morgan fingerprint density at radius 3 is 2.79 bits per heavy atom. The summed E-state index contributed by atoms with van der Waals surface area (Å²) in [7, 11) is 1.71. The second kappa shape index (κ2) is 6.76. The first-order valence-corrected chi connectivity index (χ1v) is 7.83. The van der Waals surface area contributed by atoms with E-state index in [0.717, 1.165) is 35.6 Å². The molecule has 2 N–H and O–H groups in total. The standard InChI is InChI=1S/C13H21BrN2OS.ClH/c1-13(2)8-16(5-4-11(13)15)7-9-6-10(14)12(17-3)18-9;/h6,11H,4-5,7-8,15H2,1-3H3;1H. The summed E-state index contributed by atoms with van der Waals surface area (Å²) < 4.78 is 6.36. The van der Waals surface area contributed by atoms with Gasteiger partial charge in [-0.25, -0.2) is 0 Å². The highest BCUT2D eigenvalue weighted by molar-refractivity contribution is 9.10. The Balaban J connectivity index is 0.00000180. The zero-order valence-corrected chi connectivity index (χ0v) is 14.8. The Morgan fingerprint density at radius 2 is 2.26 bits per heavy atom. The fourth-order valence-corrected chi connectivity index (χ4v) is 4.19. The van der Waals surface area contributed by atoms with E-state index in [1.807, 2.05) is 0 Å². The zero-order valence-electron chi connectivity index (χ0n) is 11.6. The number of likely N-dealkylation sites (tertiary alicyclic amines) is 1. The highest BCUT2D eigenvalue weighted by Crippen LogP contribution is 2.36. The van der Waals surface area contributed by atoms with Gasteiger partial charge in [0.15, 0.2) is 5.06 Å². The molecule has 1 unspecified atom stereocenters. The monoisotopic (exact) mass is 368 g/mol. The van der Waals surface area contributed by atoms with Crippen molar-refractivity contribution < 1.29 is 4.74 Å². The quantitative estimate of drug-likeness (QED) is 0.886. The van der Waals surface area contributed by atoms with Crippen molar-refractivity contribution in [3.63, 3.8) is 0 Å². The van der Waals surface area contributed by atoms with Crippen LogP contribution < -0.4 is 10.5 Å². The molecule has 1 aliphatic rings. The van der Waals surface area contributed by atoms with E-state index in [2.05, 4.69) is 40.7 Å². The van der Waals surface area contributed by atoms with E-state index >= 15 is 0 Å². The van der Waals surface area contributed by atoms with Gasteiger partial charge in [0.2, 0.25) is 0 Å². The predicted octanol–water partition coefficient (Wildman–Crippen LogP) is 3.50. The largest absolute Gasteiger partial charge is 0.486 e. The van der Waals surface area contributed by atoms with Crippen LogP contribution in [-0.4, -0.2) is 31.1 Å². The third-order valence-corrected chi connectivity index (χ3v) is 5.60. The number of methoxy groups -OCH3 is 1. The lowest BCUT2D eigenvalue weighted by Crippen LogP contribution is -2.51. The van der Waals surface area contributed by atoms with Gasteiger partial charge >= 0.3 is 0 Å². The van der Waals surface area contributed by atoms with Gasteiger partial charge in [0.25, 0.3) is 0 Å². The van der Waals surface area contributed by atoms with Crippen LogP contribution in [0, 0.1) is 5.41 Å². The van der Waals surface area contributed by atoms with Crippen LogP contribution in [0.1, 0.15) is 25.1 Å². The maximum atomic E-state index is 6.17. The molecule has 0 bridgehead atoms. The number of hydrogen-bond acceptors (Lipinski definition) is 4. The van der Waals surface area contributed by atoms with E-state index in [0.29, 0.717) is 6.04 Å². The van der Waals surface area contributed by atoms with E-state index in [-0.39, 0.29) is 17.8 Å². The number of rotatable bonds is 3. The zero-order chi connectivity index (χ0) is 13.3. The SMILES string of the molecule is COc1sc(CN2CCC(N)C(C)(C)C2)cc1Br.Cl. The van der Waals surface area contributed by atoms with Gasteiger partial charge in [-0.05, 0) is 33.8 Å². The highest BCUT2D eigenvalue weighted by Gasteiger charge is 2.33. The van der Waals surface area contributed by atoms with E-state index < -0.39 is 0 Å². The van der Waals surface area contributed by atoms with Gasteiger partial charge in [-0.15, -0.1) is 23.7 Å². The molecule has 0 amide bonds. The molecule has 19 heavy (non-hydrogen) atoms. The van der Waals surface area contributed by atoms with Crippen LogP contribution >= 0.6 is 39.7 Å². The van der Waals surface area contributed by atoms with Crippen LogP contribution in [0.25, 0.3) is 0 Å². The van der Waals surface area contributed by atoms with Crippen LogP contribution in [0.2, 0.25) is 0 Å². The Kier molecular flexibility index (Phi) is 6.14. The summed E-state index contributed by atoms with van der Waals surface area (Å²) in [5.41, 5.74) is 6.37. The molecule has 3 nitrogen and oxygen atoms in total. The van der Waals surface area contributed by atoms with Crippen LogP contribution in [0.15, 0.2) is 10.5 Å². The predicted molar refractivity (Wildman–Crippen MR) is 87.5 cm³/mol. The molecule has 1 aromatic heterocycles. The van der Waals surface area contributed by atoms with E-state index in [1.54, 1.807) is 18.4 Å². The molecule has 1 fully saturated rings. The Labute approximate surface area is 134 Å². The number of halogens is 2. The number of hydrogen-bond donors (Lipinski definition) is 1.